The monoisotopic (exact) mass is 881 g/mol. The van der Waals surface area contributed by atoms with E-state index >= 15 is 0 Å². The highest BCUT2D eigenvalue weighted by atomic mass is 16.3. The maximum atomic E-state index is 7.11. The van der Waals surface area contributed by atoms with E-state index < -0.39 is 0 Å². The first-order chi connectivity index (χ1) is 34.2. The number of nitrogens with zero attached hydrogens (tertiary/aromatic N) is 5. The Hall–Kier alpha value is -9.39. The van der Waals surface area contributed by atoms with Gasteiger partial charge in [-0.25, -0.2) is 15.0 Å². The fourth-order valence-corrected chi connectivity index (χ4v) is 10.5. The van der Waals surface area contributed by atoms with Crippen LogP contribution < -0.4 is 0 Å². The third-order valence-corrected chi connectivity index (χ3v) is 13.6. The van der Waals surface area contributed by atoms with Gasteiger partial charge in [-0.1, -0.05) is 188 Å². The molecule has 6 heteroatoms. The molecule has 0 atom stereocenters. The average molecular weight is 882 g/mol. The van der Waals surface area contributed by atoms with Gasteiger partial charge in [-0.15, -0.1) is 0 Å². The van der Waals surface area contributed by atoms with Crippen molar-refractivity contribution >= 4 is 65.6 Å². The predicted octanol–water partition coefficient (Wildman–Crippen LogP) is 16.3. The summed E-state index contributed by atoms with van der Waals surface area (Å²) in [4.78, 5) is 15.6. The van der Waals surface area contributed by atoms with Crippen LogP contribution in [0.25, 0.3) is 133 Å². The second kappa shape index (κ2) is 15.6. The summed E-state index contributed by atoms with van der Waals surface area (Å²) in [5.74, 6) is 1.77. The topological polar surface area (TPSA) is 61.7 Å². The van der Waals surface area contributed by atoms with Gasteiger partial charge >= 0.3 is 0 Å². The lowest BCUT2D eigenvalue weighted by atomic mass is 9.98. The molecule has 6 nitrogen and oxygen atoms in total. The summed E-state index contributed by atoms with van der Waals surface area (Å²) in [6, 6.07) is 83.2. The first-order valence-electron chi connectivity index (χ1n) is 23.3. The molecule has 4 heterocycles. The third-order valence-electron chi connectivity index (χ3n) is 13.6. The first kappa shape index (κ1) is 38.8. The lowest BCUT2D eigenvalue weighted by molar-refractivity contribution is 0.671. The summed E-state index contributed by atoms with van der Waals surface area (Å²) in [6.45, 7) is 0. The number of para-hydroxylation sites is 4. The highest BCUT2D eigenvalue weighted by Gasteiger charge is 2.25. The van der Waals surface area contributed by atoms with Gasteiger partial charge in [0.2, 0.25) is 0 Å². The number of furan rings is 1. The summed E-state index contributed by atoms with van der Waals surface area (Å²) >= 11 is 0. The summed E-state index contributed by atoms with van der Waals surface area (Å²) in [5.41, 5.74) is 15.4. The fourth-order valence-electron chi connectivity index (χ4n) is 10.5. The van der Waals surface area contributed by atoms with E-state index in [2.05, 4.69) is 203 Å². The van der Waals surface area contributed by atoms with Crippen molar-refractivity contribution in [3.63, 3.8) is 0 Å². The molecule has 0 amide bonds. The van der Waals surface area contributed by atoms with Gasteiger partial charge in [0.05, 0.1) is 27.8 Å². The van der Waals surface area contributed by atoms with E-state index in [1.165, 1.54) is 21.9 Å². The van der Waals surface area contributed by atoms with Crippen LogP contribution in [0.1, 0.15) is 0 Å². The van der Waals surface area contributed by atoms with Gasteiger partial charge in [-0.2, -0.15) is 0 Å². The van der Waals surface area contributed by atoms with Crippen LogP contribution in [0.2, 0.25) is 0 Å². The molecule has 0 fully saturated rings. The second-order valence-electron chi connectivity index (χ2n) is 17.5. The van der Waals surface area contributed by atoms with Gasteiger partial charge in [0, 0.05) is 54.7 Å². The van der Waals surface area contributed by atoms with Gasteiger partial charge in [-0.3, -0.25) is 0 Å². The number of hydrogen-bond acceptors (Lipinski definition) is 4. The van der Waals surface area contributed by atoms with Crippen molar-refractivity contribution in [3.8, 4) is 67.8 Å². The predicted molar refractivity (Wildman–Crippen MR) is 283 cm³/mol. The summed E-state index contributed by atoms with van der Waals surface area (Å²) in [6.07, 6.45) is 0. The molecule has 0 aliphatic heterocycles. The van der Waals surface area contributed by atoms with Crippen LogP contribution in [0.3, 0.4) is 0 Å². The van der Waals surface area contributed by atoms with E-state index in [1.807, 2.05) is 42.5 Å². The average Bonchev–Trinajstić information content (AvgIpc) is 4.10. The Bertz CT molecular complexity index is 4230. The summed E-state index contributed by atoms with van der Waals surface area (Å²) in [5, 5.41) is 6.62. The molecule has 0 aliphatic carbocycles. The second-order valence-corrected chi connectivity index (χ2v) is 17.5. The van der Waals surface area contributed by atoms with Crippen LogP contribution in [-0.4, -0.2) is 24.1 Å². The number of fused-ring (bicyclic) bond motifs is 10. The van der Waals surface area contributed by atoms with Crippen molar-refractivity contribution in [3.05, 3.63) is 237 Å². The molecule has 0 saturated heterocycles. The SMILES string of the molecule is c1ccc(-c2cccc(-c3ccc(-c4nc(-c5ccccc5)nc(-c5cccc6oc7c(ccc8c9cccc(-n%10c%11ccccc%11c%11ccccc%11%10)c9n(-c9ccccc9)c87)c56)n4)cc3)c2)cc1. The molecule has 14 aromatic rings. The van der Waals surface area contributed by atoms with E-state index in [-0.39, 0.29) is 0 Å². The Balaban J connectivity index is 0.974. The Kier molecular flexibility index (Phi) is 8.79. The van der Waals surface area contributed by atoms with Crippen molar-refractivity contribution in [2.24, 2.45) is 0 Å². The van der Waals surface area contributed by atoms with Crippen molar-refractivity contribution in [2.45, 2.75) is 0 Å². The standard InChI is InChI=1S/C63H39N5O/c1-4-17-40(18-5-1)44-21-14-22-45(39-44)41-33-35-43(36-34-41)62-64-61(42-19-6-2-7-20-42)65-63(66-62)52-28-16-32-56-57(52)51-38-37-50-49-27-15-31-55(58(49)67(59(50)60(51)69-56)46-23-8-3-9-24-46)68-53-29-12-10-25-47(53)48-26-11-13-30-54(48)68/h1-39H. The molecule has 10 aromatic carbocycles. The zero-order valence-corrected chi connectivity index (χ0v) is 37.2. The molecule has 69 heavy (non-hydrogen) atoms. The van der Waals surface area contributed by atoms with Crippen LogP contribution in [0, 0.1) is 0 Å². The molecular weight excluding hydrogens is 843 g/mol. The largest absolute Gasteiger partial charge is 0.454 e. The van der Waals surface area contributed by atoms with Crippen LogP contribution >= 0.6 is 0 Å². The molecule has 0 spiro atoms. The van der Waals surface area contributed by atoms with Gasteiger partial charge < -0.3 is 13.6 Å². The van der Waals surface area contributed by atoms with E-state index in [0.29, 0.717) is 17.5 Å². The van der Waals surface area contributed by atoms with Crippen LogP contribution in [0.5, 0.6) is 0 Å². The Labute approximate surface area is 396 Å². The minimum absolute atomic E-state index is 0.573. The maximum absolute atomic E-state index is 7.11. The number of hydrogen-bond donors (Lipinski definition) is 0. The zero-order valence-electron chi connectivity index (χ0n) is 37.2. The Morgan fingerprint density at radius 1 is 0.319 bits per heavy atom. The van der Waals surface area contributed by atoms with Crippen LogP contribution in [-0.2, 0) is 0 Å². The Morgan fingerprint density at radius 2 is 0.812 bits per heavy atom. The number of aromatic nitrogens is 5. The van der Waals surface area contributed by atoms with E-state index in [0.717, 1.165) is 94.0 Å². The lowest BCUT2D eigenvalue weighted by Crippen LogP contribution is -2.00. The molecule has 0 radical (unpaired) electrons. The number of benzene rings is 10. The molecule has 322 valence electrons. The van der Waals surface area contributed by atoms with E-state index in [1.54, 1.807) is 0 Å². The molecular formula is C63H39N5O. The van der Waals surface area contributed by atoms with Crippen molar-refractivity contribution in [2.75, 3.05) is 0 Å². The minimum Gasteiger partial charge on any atom is -0.454 e. The molecule has 0 bridgehead atoms. The van der Waals surface area contributed by atoms with Gasteiger partial charge in [-0.05, 0) is 70.8 Å². The van der Waals surface area contributed by atoms with Gasteiger partial charge in [0.15, 0.2) is 23.1 Å². The van der Waals surface area contributed by atoms with Crippen molar-refractivity contribution in [1.29, 1.82) is 0 Å². The molecule has 0 aliphatic rings. The number of rotatable bonds is 7. The van der Waals surface area contributed by atoms with Crippen molar-refractivity contribution < 1.29 is 4.42 Å². The van der Waals surface area contributed by atoms with Gasteiger partial charge in [0.25, 0.3) is 0 Å². The van der Waals surface area contributed by atoms with Gasteiger partial charge in [0.1, 0.15) is 5.58 Å². The van der Waals surface area contributed by atoms with Crippen LogP contribution in [0.15, 0.2) is 241 Å². The smallest absolute Gasteiger partial charge is 0.164 e. The lowest BCUT2D eigenvalue weighted by Gasteiger charge is -2.14. The molecule has 0 unspecified atom stereocenters. The van der Waals surface area contributed by atoms with Crippen molar-refractivity contribution in [1.82, 2.24) is 24.1 Å². The van der Waals surface area contributed by atoms with E-state index in [4.69, 9.17) is 19.4 Å². The highest BCUT2D eigenvalue weighted by Crippen LogP contribution is 2.45. The third kappa shape index (κ3) is 6.23. The molecule has 14 rings (SSSR count). The molecule has 0 N–H and O–H groups in total. The molecule has 4 aromatic heterocycles. The zero-order chi connectivity index (χ0) is 45.4. The highest BCUT2D eigenvalue weighted by molar-refractivity contribution is 6.24. The summed E-state index contributed by atoms with van der Waals surface area (Å²) < 4.78 is 11.9. The quantitative estimate of drug-likeness (QED) is 0.160. The Morgan fingerprint density at radius 3 is 1.51 bits per heavy atom. The first-order valence-corrected chi connectivity index (χ1v) is 23.3. The summed E-state index contributed by atoms with van der Waals surface area (Å²) in [7, 11) is 0. The minimum atomic E-state index is 0.573. The fraction of sp³-hybridized carbons (Fsp3) is 0. The maximum Gasteiger partial charge on any atom is 0.164 e. The normalized spacial score (nSPS) is 11.8. The van der Waals surface area contributed by atoms with E-state index in [9.17, 15) is 0 Å². The van der Waals surface area contributed by atoms with Crippen LogP contribution in [0.4, 0.5) is 0 Å². The molecule has 0 saturated carbocycles.